The van der Waals surface area contributed by atoms with Crippen molar-refractivity contribution in [3.8, 4) is 22.6 Å². The zero-order valence-electron chi connectivity index (χ0n) is 20.3. The highest BCUT2D eigenvalue weighted by Crippen LogP contribution is 2.42. The molecule has 0 spiro atoms. The van der Waals surface area contributed by atoms with Gasteiger partial charge in [0.05, 0.1) is 24.3 Å². The van der Waals surface area contributed by atoms with Gasteiger partial charge in [0.1, 0.15) is 18.2 Å². The van der Waals surface area contributed by atoms with Crippen molar-refractivity contribution in [1.82, 2.24) is 9.80 Å². The second-order valence-electron chi connectivity index (χ2n) is 9.48. The minimum Gasteiger partial charge on any atom is -0.478 e. The Morgan fingerprint density at radius 2 is 1.58 bits per heavy atom. The second-order valence-corrected chi connectivity index (χ2v) is 9.48. The molecule has 3 aliphatic heterocycles. The van der Waals surface area contributed by atoms with E-state index < -0.39 is 0 Å². The Hall–Kier alpha value is -3.45. The quantitative estimate of drug-likeness (QED) is 0.469. The monoisotopic (exact) mass is 482 g/mol. The number of hydrogen-bond acceptors (Lipinski definition) is 6. The maximum Gasteiger partial charge on any atom is 0.231 e. The van der Waals surface area contributed by atoms with Gasteiger partial charge in [-0.25, -0.2) is 0 Å². The van der Waals surface area contributed by atoms with E-state index in [4.69, 9.17) is 14.2 Å². The standard InChI is InChI=1S/C30H30N2O4/c33-29-25-11-12-27-26(20-32(21-35-27)14-4-13-31-15-17-34-18-16-31)30(25)36-28(29)19-22-7-9-24(10-8-22)23-5-2-1-3-6-23/h1-3,5-12,19H,4,13-18,20-21H2/b28-19-. The zero-order chi connectivity index (χ0) is 24.3. The van der Waals surface area contributed by atoms with Crippen LogP contribution in [0.5, 0.6) is 11.5 Å². The molecule has 6 heteroatoms. The Kier molecular flexibility index (Phi) is 6.55. The Bertz CT molecular complexity index is 1260. The lowest BCUT2D eigenvalue weighted by Crippen LogP contribution is -2.39. The molecule has 1 saturated heterocycles. The molecule has 0 bridgehead atoms. The van der Waals surface area contributed by atoms with E-state index in [1.165, 1.54) is 5.56 Å². The second kappa shape index (κ2) is 10.3. The highest BCUT2D eigenvalue weighted by molar-refractivity contribution is 6.15. The molecule has 0 radical (unpaired) electrons. The normalized spacial score (nSPS) is 19.0. The summed E-state index contributed by atoms with van der Waals surface area (Å²) in [5.74, 6) is 1.72. The number of hydrogen-bond donors (Lipinski definition) is 0. The highest BCUT2D eigenvalue weighted by atomic mass is 16.5. The van der Waals surface area contributed by atoms with Crippen LogP contribution in [-0.4, -0.2) is 61.7 Å². The number of ketones is 1. The molecule has 0 saturated carbocycles. The van der Waals surface area contributed by atoms with Gasteiger partial charge in [0.2, 0.25) is 5.78 Å². The molecule has 3 aliphatic rings. The molecule has 3 heterocycles. The van der Waals surface area contributed by atoms with Gasteiger partial charge in [-0.05, 0) is 47.9 Å². The average molecular weight is 483 g/mol. The fourth-order valence-electron chi connectivity index (χ4n) is 5.04. The molecule has 0 N–H and O–H groups in total. The van der Waals surface area contributed by atoms with E-state index in [0.717, 1.165) is 68.3 Å². The minimum atomic E-state index is -0.0793. The number of allylic oxidation sites excluding steroid dienone is 1. The molecule has 6 rings (SSSR count). The van der Waals surface area contributed by atoms with Crippen molar-refractivity contribution in [1.29, 1.82) is 0 Å². The summed E-state index contributed by atoms with van der Waals surface area (Å²) in [6, 6.07) is 22.1. The lowest BCUT2D eigenvalue weighted by Gasteiger charge is -2.31. The zero-order valence-corrected chi connectivity index (χ0v) is 20.3. The Balaban J connectivity index is 1.14. The number of carbonyl (C=O) groups is 1. The first-order chi connectivity index (χ1) is 17.7. The molecule has 0 aliphatic carbocycles. The maximum atomic E-state index is 13.1. The van der Waals surface area contributed by atoms with Crippen LogP contribution in [0.1, 0.15) is 27.9 Å². The van der Waals surface area contributed by atoms with Crippen LogP contribution in [0.2, 0.25) is 0 Å². The highest BCUT2D eigenvalue weighted by Gasteiger charge is 2.33. The lowest BCUT2D eigenvalue weighted by atomic mass is 10.0. The van der Waals surface area contributed by atoms with Crippen molar-refractivity contribution in [2.45, 2.75) is 13.0 Å². The molecule has 1 fully saturated rings. The predicted molar refractivity (Wildman–Crippen MR) is 139 cm³/mol. The largest absolute Gasteiger partial charge is 0.478 e. The summed E-state index contributed by atoms with van der Waals surface area (Å²) in [5, 5.41) is 0. The third-order valence-corrected chi connectivity index (χ3v) is 7.05. The summed E-state index contributed by atoms with van der Waals surface area (Å²) < 4.78 is 17.6. The fourth-order valence-corrected chi connectivity index (χ4v) is 5.04. The van der Waals surface area contributed by atoms with E-state index in [9.17, 15) is 4.79 Å². The van der Waals surface area contributed by atoms with E-state index in [0.29, 0.717) is 30.3 Å². The topological polar surface area (TPSA) is 51.2 Å². The van der Waals surface area contributed by atoms with Gasteiger partial charge in [-0.1, -0.05) is 54.6 Å². The van der Waals surface area contributed by atoms with Crippen LogP contribution in [0.3, 0.4) is 0 Å². The van der Waals surface area contributed by atoms with Crippen LogP contribution in [-0.2, 0) is 11.3 Å². The Labute approximate surface area is 211 Å². The molecular formula is C30H30N2O4. The first-order valence-corrected chi connectivity index (χ1v) is 12.7. The van der Waals surface area contributed by atoms with Gasteiger partial charge in [0, 0.05) is 26.2 Å². The number of benzene rings is 3. The van der Waals surface area contributed by atoms with Gasteiger partial charge < -0.3 is 14.2 Å². The first kappa shape index (κ1) is 23.0. The van der Waals surface area contributed by atoms with Crippen LogP contribution in [0, 0.1) is 0 Å². The van der Waals surface area contributed by atoms with Gasteiger partial charge in [0.15, 0.2) is 5.76 Å². The van der Waals surface area contributed by atoms with Gasteiger partial charge in [0.25, 0.3) is 0 Å². The van der Waals surface area contributed by atoms with E-state index in [-0.39, 0.29) is 5.78 Å². The van der Waals surface area contributed by atoms with Crippen LogP contribution in [0.25, 0.3) is 17.2 Å². The third-order valence-electron chi connectivity index (χ3n) is 7.05. The Morgan fingerprint density at radius 1 is 0.833 bits per heavy atom. The molecule has 0 amide bonds. The number of morpholine rings is 1. The molecule has 6 nitrogen and oxygen atoms in total. The molecule has 0 atom stereocenters. The van der Waals surface area contributed by atoms with E-state index in [1.54, 1.807) is 0 Å². The number of ether oxygens (including phenoxy) is 3. The third kappa shape index (κ3) is 4.80. The van der Waals surface area contributed by atoms with Crippen LogP contribution in [0.4, 0.5) is 0 Å². The number of carbonyl (C=O) groups excluding carboxylic acids is 1. The molecule has 3 aromatic rings. The van der Waals surface area contributed by atoms with Gasteiger partial charge in [-0.15, -0.1) is 0 Å². The number of fused-ring (bicyclic) bond motifs is 3. The molecule has 184 valence electrons. The van der Waals surface area contributed by atoms with E-state index in [1.807, 2.05) is 48.5 Å². The Morgan fingerprint density at radius 3 is 2.39 bits per heavy atom. The lowest BCUT2D eigenvalue weighted by molar-refractivity contribution is 0.0329. The van der Waals surface area contributed by atoms with E-state index in [2.05, 4.69) is 34.1 Å². The van der Waals surface area contributed by atoms with Gasteiger partial charge >= 0.3 is 0 Å². The molecule has 0 unspecified atom stereocenters. The number of rotatable bonds is 6. The molecule has 36 heavy (non-hydrogen) atoms. The summed E-state index contributed by atoms with van der Waals surface area (Å²) in [7, 11) is 0. The number of nitrogens with zero attached hydrogens (tertiary/aromatic N) is 2. The van der Waals surface area contributed by atoms with E-state index >= 15 is 0 Å². The summed E-state index contributed by atoms with van der Waals surface area (Å²) in [6.07, 6.45) is 2.89. The summed E-state index contributed by atoms with van der Waals surface area (Å²) >= 11 is 0. The van der Waals surface area contributed by atoms with Crippen LogP contribution < -0.4 is 9.47 Å². The van der Waals surface area contributed by atoms with Crippen molar-refractivity contribution < 1.29 is 19.0 Å². The van der Waals surface area contributed by atoms with Crippen molar-refractivity contribution in [2.75, 3.05) is 46.1 Å². The maximum absolute atomic E-state index is 13.1. The van der Waals surface area contributed by atoms with Gasteiger partial charge in [-0.3, -0.25) is 14.6 Å². The van der Waals surface area contributed by atoms with Crippen molar-refractivity contribution in [3.05, 3.63) is 89.2 Å². The van der Waals surface area contributed by atoms with Crippen molar-refractivity contribution in [2.24, 2.45) is 0 Å². The molecular weight excluding hydrogens is 452 g/mol. The SMILES string of the molecule is O=C1/C(=C/c2ccc(-c3ccccc3)cc2)Oc2c1ccc1c2CN(CCCN2CCOCC2)CO1. The van der Waals surface area contributed by atoms with Crippen LogP contribution in [0.15, 0.2) is 72.5 Å². The summed E-state index contributed by atoms with van der Waals surface area (Å²) in [5.41, 5.74) is 4.81. The fraction of sp³-hybridized carbons (Fsp3) is 0.300. The van der Waals surface area contributed by atoms with Crippen molar-refractivity contribution >= 4 is 11.9 Å². The minimum absolute atomic E-state index is 0.0793. The number of Topliss-reactive ketones (excluding diaryl/α,β-unsaturated/α-hetero) is 1. The molecule has 3 aromatic carbocycles. The predicted octanol–water partition coefficient (Wildman–Crippen LogP) is 4.84. The van der Waals surface area contributed by atoms with Crippen LogP contribution >= 0.6 is 0 Å². The summed E-state index contributed by atoms with van der Waals surface area (Å²) in [6.45, 7) is 6.93. The first-order valence-electron chi connectivity index (χ1n) is 12.7. The van der Waals surface area contributed by atoms with Gasteiger partial charge in [-0.2, -0.15) is 0 Å². The molecule has 0 aromatic heterocycles. The average Bonchev–Trinajstić information content (AvgIpc) is 3.25. The van der Waals surface area contributed by atoms with Crippen molar-refractivity contribution in [3.63, 3.8) is 0 Å². The summed E-state index contributed by atoms with van der Waals surface area (Å²) in [4.78, 5) is 17.9. The smallest absolute Gasteiger partial charge is 0.231 e.